The van der Waals surface area contributed by atoms with Crippen LogP contribution < -0.4 is 5.32 Å². The monoisotopic (exact) mass is 314 g/mol. The minimum absolute atomic E-state index is 0.225. The molecule has 0 aliphatic carbocycles. The van der Waals surface area contributed by atoms with Crippen LogP contribution in [0.5, 0.6) is 0 Å². The Balaban J connectivity index is 1.89. The molecule has 0 radical (unpaired) electrons. The molecule has 1 N–H and O–H groups in total. The first-order valence-electron chi connectivity index (χ1n) is 6.98. The van der Waals surface area contributed by atoms with E-state index in [4.69, 9.17) is 11.6 Å². The Morgan fingerprint density at radius 2 is 2.15 bits per heavy atom. The molecular weight excluding hydrogens is 296 g/mol. The van der Waals surface area contributed by atoms with Crippen LogP contribution in [0.2, 0.25) is 5.02 Å². The number of nitrogens with zero attached hydrogens (tertiary/aromatic N) is 1. The third-order valence-electron chi connectivity index (χ3n) is 4.27. The summed E-state index contributed by atoms with van der Waals surface area (Å²) in [4.78, 5) is 0.225. The van der Waals surface area contributed by atoms with Crippen LogP contribution in [0.1, 0.15) is 18.4 Å². The molecule has 2 fully saturated rings. The number of rotatable bonds is 2. The number of aryl methyl sites for hydroxylation is 1. The van der Waals surface area contributed by atoms with E-state index in [1.165, 1.54) is 0 Å². The number of sulfonamides is 1. The largest absolute Gasteiger partial charge is 0.312 e. The van der Waals surface area contributed by atoms with Crippen LogP contribution in [0, 0.1) is 12.8 Å². The fourth-order valence-corrected chi connectivity index (χ4v) is 5.25. The van der Waals surface area contributed by atoms with Gasteiger partial charge in [0.2, 0.25) is 10.0 Å². The molecule has 2 aliphatic heterocycles. The van der Waals surface area contributed by atoms with Gasteiger partial charge in [0.05, 0.1) is 5.02 Å². The molecule has 0 bridgehead atoms. The first-order chi connectivity index (χ1) is 9.48. The summed E-state index contributed by atoms with van der Waals surface area (Å²) in [6.45, 7) is 4.04. The number of piperidine rings is 1. The molecule has 0 unspecified atom stereocenters. The fourth-order valence-electron chi connectivity index (χ4n) is 3.16. The molecule has 1 aromatic carbocycles. The van der Waals surface area contributed by atoms with Gasteiger partial charge in [0, 0.05) is 19.1 Å². The molecule has 1 aromatic rings. The molecule has 2 saturated heterocycles. The third-order valence-corrected chi connectivity index (χ3v) is 6.59. The van der Waals surface area contributed by atoms with E-state index >= 15 is 0 Å². The second-order valence-corrected chi connectivity index (χ2v) is 8.03. The van der Waals surface area contributed by atoms with Crippen molar-refractivity contribution in [2.75, 3.05) is 19.6 Å². The molecule has 4 nitrogen and oxygen atoms in total. The minimum atomic E-state index is -3.48. The summed E-state index contributed by atoms with van der Waals surface area (Å²) in [5.41, 5.74) is 0.964. The number of halogens is 1. The highest BCUT2D eigenvalue weighted by Crippen LogP contribution is 2.32. The molecule has 110 valence electrons. The van der Waals surface area contributed by atoms with Crippen LogP contribution >= 0.6 is 11.6 Å². The van der Waals surface area contributed by atoms with Crippen LogP contribution in [-0.2, 0) is 10.0 Å². The summed E-state index contributed by atoms with van der Waals surface area (Å²) in [6.07, 6.45) is 2.23. The molecule has 3 rings (SSSR count). The SMILES string of the molecule is Cc1ccc(S(=O)(=O)N2C[C@@H]3CCCN[C@@H]3C2)c(Cl)c1. The van der Waals surface area contributed by atoms with Crippen LogP contribution in [0.15, 0.2) is 23.1 Å². The van der Waals surface area contributed by atoms with Crippen LogP contribution in [0.3, 0.4) is 0 Å². The van der Waals surface area contributed by atoms with E-state index in [1.54, 1.807) is 22.5 Å². The average Bonchev–Trinajstić information content (AvgIpc) is 2.82. The summed E-state index contributed by atoms with van der Waals surface area (Å²) in [6, 6.07) is 5.40. The predicted octanol–water partition coefficient (Wildman–Crippen LogP) is 2.02. The van der Waals surface area contributed by atoms with Gasteiger partial charge >= 0.3 is 0 Å². The molecule has 2 heterocycles. The maximum absolute atomic E-state index is 12.7. The van der Waals surface area contributed by atoms with Crippen molar-refractivity contribution in [3.63, 3.8) is 0 Å². The van der Waals surface area contributed by atoms with Gasteiger partial charge in [-0.25, -0.2) is 8.42 Å². The predicted molar refractivity (Wildman–Crippen MR) is 79.5 cm³/mol. The van der Waals surface area contributed by atoms with E-state index < -0.39 is 10.0 Å². The molecular formula is C14H19ClN2O2S. The van der Waals surface area contributed by atoms with E-state index in [0.29, 0.717) is 30.1 Å². The van der Waals surface area contributed by atoms with Crippen molar-refractivity contribution in [1.82, 2.24) is 9.62 Å². The van der Waals surface area contributed by atoms with E-state index in [1.807, 2.05) is 6.92 Å². The zero-order valence-electron chi connectivity index (χ0n) is 11.5. The first-order valence-corrected chi connectivity index (χ1v) is 8.80. The van der Waals surface area contributed by atoms with Crippen molar-refractivity contribution < 1.29 is 8.42 Å². The zero-order chi connectivity index (χ0) is 14.3. The van der Waals surface area contributed by atoms with Crippen molar-refractivity contribution in [2.24, 2.45) is 5.92 Å². The normalized spacial score (nSPS) is 27.5. The summed E-state index contributed by atoms with van der Waals surface area (Å²) in [5.74, 6) is 0.433. The van der Waals surface area contributed by atoms with E-state index in [-0.39, 0.29) is 4.90 Å². The van der Waals surface area contributed by atoms with Gasteiger partial charge in [-0.3, -0.25) is 0 Å². The number of hydrogen-bond acceptors (Lipinski definition) is 3. The Morgan fingerprint density at radius 1 is 1.35 bits per heavy atom. The van der Waals surface area contributed by atoms with Gasteiger partial charge in [-0.2, -0.15) is 4.31 Å². The van der Waals surface area contributed by atoms with Crippen molar-refractivity contribution in [2.45, 2.75) is 30.7 Å². The highest BCUT2D eigenvalue weighted by molar-refractivity contribution is 7.89. The quantitative estimate of drug-likeness (QED) is 0.908. The second-order valence-electron chi connectivity index (χ2n) is 5.72. The molecule has 0 amide bonds. The van der Waals surface area contributed by atoms with Crippen LogP contribution in [0.4, 0.5) is 0 Å². The van der Waals surface area contributed by atoms with Gasteiger partial charge in [0.15, 0.2) is 0 Å². The highest BCUT2D eigenvalue weighted by atomic mass is 35.5. The Labute approximate surface area is 125 Å². The number of nitrogens with one attached hydrogen (secondary N) is 1. The van der Waals surface area contributed by atoms with Crippen molar-refractivity contribution in [1.29, 1.82) is 0 Å². The lowest BCUT2D eigenvalue weighted by Crippen LogP contribution is -2.41. The van der Waals surface area contributed by atoms with Crippen molar-refractivity contribution >= 4 is 21.6 Å². The lowest BCUT2D eigenvalue weighted by molar-refractivity contribution is 0.339. The van der Waals surface area contributed by atoms with E-state index in [9.17, 15) is 8.42 Å². The van der Waals surface area contributed by atoms with Crippen molar-refractivity contribution in [3.05, 3.63) is 28.8 Å². The van der Waals surface area contributed by atoms with Crippen LogP contribution in [0.25, 0.3) is 0 Å². The van der Waals surface area contributed by atoms with Gasteiger partial charge in [-0.05, 0) is 49.9 Å². The van der Waals surface area contributed by atoms with E-state index in [0.717, 1.165) is 24.9 Å². The second kappa shape index (κ2) is 5.30. The maximum atomic E-state index is 12.7. The maximum Gasteiger partial charge on any atom is 0.244 e. The Hall–Kier alpha value is -0.620. The molecule has 2 atom stereocenters. The Morgan fingerprint density at radius 3 is 2.85 bits per heavy atom. The summed E-state index contributed by atoms with van der Waals surface area (Å²) < 4.78 is 27.0. The first kappa shape index (κ1) is 14.3. The Bertz CT molecular complexity index is 604. The fraction of sp³-hybridized carbons (Fsp3) is 0.571. The molecule has 0 saturated carbocycles. The van der Waals surface area contributed by atoms with Gasteiger partial charge < -0.3 is 5.32 Å². The zero-order valence-corrected chi connectivity index (χ0v) is 13.0. The van der Waals surface area contributed by atoms with E-state index in [2.05, 4.69) is 5.32 Å². The van der Waals surface area contributed by atoms with Gasteiger partial charge in [0.1, 0.15) is 4.90 Å². The lowest BCUT2D eigenvalue weighted by atomic mass is 9.94. The van der Waals surface area contributed by atoms with Crippen molar-refractivity contribution in [3.8, 4) is 0 Å². The number of benzene rings is 1. The molecule has 2 aliphatic rings. The minimum Gasteiger partial charge on any atom is -0.312 e. The topological polar surface area (TPSA) is 49.4 Å². The molecule has 0 aromatic heterocycles. The van der Waals surface area contributed by atoms with Gasteiger partial charge in [0.25, 0.3) is 0 Å². The molecule has 6 heteroatoms. The summed E-state index contributed by atoms with van der Waals surface area (Å²) >= 11 is 6.12. The summed E-state index contributed by atoms with van der Waals surface area (Å²) in [7, 11) is -3.48. The highest BCUT2D eigenvalue weighted by Gasteiger charge is 2.40. The average molecular weight is 315 g/mol. The number of hydrogen-bond donors (Lipinski definition) is 1. The number of fused-ring (bicyclic) bond motifs is 1. The van der Waals surface area contributed by atoms with Crippen LogP contribution in [-0.4, -0.2) is 38.4 Å². The smallest absolute Gasteiger partial charge is 0.244 e. The summed E-state index contributed by atoms with van der Waals surface area (Å²) in [5, 5.41) is 3.73. The van der Waals surface area contributed by atoms with Gasteiger partial charge in [-0.15, -0.1) is 0 Å². The standard InChI is InChI=1S/C14H19ClN2O2S/c1-10-4-5-14(12(15)7-10)20(18,19)17-8-11-3-2-6-16-13(11)9-17/h4-5,7,11,13,16H,2-3,6,8-9H2,1H3/t11-,13+/m0/s1. The molecule has 20 heavy (non-hydrogen) atoms. The van der Waals surface area contributed by atoms with Gasteiger partial charge in [-0.1, -0.05) is 17.7 Å². The Kier molecular flexibility index (Phi) is 3.79. The third kappa shape index (κ3) is 2.48. The molecule has 0 spiro atoms. The lowest BCUT2D eigenvalue weighted by Gasteiger charge is -2.24.